The molecule has 1 amide bonds. The van der Waals surface area contributed by atoms with Crippen molar-refractivity contribution in [3.8, 4) is 0 Å². The number of hydrogen-bond acceptors (Lipinski definition) is 7. The van der Waals surface area contributed by atoms with Gasteiger partial charge in [-0.25, -0.2) is 9.78 Å². The number of nitrogens with zero attached hydrogens (tertiary/aromatic N) is 3. The number of hydrogen-bond donors (Lipinski definition) is 1. The number of morpholine rings is 1. The van der Waals surface area contributed by atoms with Crippen LogP contribution in [-0.4, -0.2) is 68.4 Å². The predicted molar refractivity (Wildman–Crippen MR) is 115 cm³/mol. The minimum atomic E-state index is -0.512. The number of alkyl carbamates (subject to hydrolysis) is 1. The van der Waals surface area contributed by atoms with Crippen LogP contribution in [0.5, 0.6) is 0 Å². The fraction of sp³-hybridized carbons (Fsp3) is 0.650. The summed E-state index contributed by atoms with van der Waals surface area (Å²) in [5.41, 5.74) is 0.952. The lowest BCUT2D eigenvalue weighted by atomic mass is 10.0. The van der Waals surface area contributed by atoms with Gasteiger partial charge >= 0.3 is 6.09 Å². The molecule has 2 fully saturated rings. The molecule has 9 heteroatoms. The molecule has 0 atom stereocenters. The summed E-state index contributed by atoms with van der Waals surface area (Å²) in [5, 5.41) is 2.95. The number of aromatic nitrogens is 1. The molecule has 29 heavy (non-hydrogen) atoms. The van der Waals surface area contributed by atoms with Crippen LogP contribution in [0.3, 0.4) is 0 Å². The third-order valence-corrected chi connectivity index (χ3v) is 5.56. The largest absolute Gasteiger partial charge is 0.444 e. The van der Waals surface area contributed by atoms with Gasteiger partial charge in [-0.2, -0.15) is 0 Å². The molecule has 1 aromatic heterocycles. The van der Waals surface area contributed by atoms with Gasteiger partial charge in [0.2, 0.25) is 0 Å². The number of pyridine rings is 1. The van der Waals surface area contributed by atoms with E-state index in [2.05, 4.69) is 36.0 Å². The van der Waals surface area contributed by atoms with Gasteiger partial charge in [0.25, 0.3) is 0 Å². The number of ether oxygens (including phenoxy) is 2. The third kappa shape index (κ3) is 5.60. The Kier molecular flexibility index (Phi) is 7.00. The van der Waals surface area contributed by atoms with E-state index < -0.39 is 5.60 Å². The molecule has 0 spiro atoms. The van der Waals surface area contributed by atoms with Crippen LogP contribution in [-0.2, 0) is 9.47 Å². The van der Waals surface area contributed by atoms with Crippen LogP contribution in [0.15, 0.2) is 10.7 Å². The van der Waals surface area contributed by atoms with Gasteiger partial charge in [0.15, 0.2) is 6.29 Å². The number of amides is 1. The van der Waals surface area contributed by atoms with Gasteiger partial charge in [0.05, 0.1) is 28.9 Å². The van der Waals surface area contributed by atoms with Crippen molar-refractivity contribution in [2.24, 2.45) is 0 Å². The van der Waals surface area contributed by atoms with Crippen molar-refractivity contribution in [2.45, 2.75) is 45.3 Å². The minimum Gasteiger partial charge on any atom is -0.444 e. The van der Waals surface area contributed by atoms with Crippen molar-refractivity contribution in [3.63, 3.8) is 0 Å². The molecule has 2 aliphatic heterocycles. The molecule has 0 aliphatic carbocycles. The number of piperidine rings is 1. The van der Waals surface area contributed by atoms with E-state index in [-0.39, 0.29) is 12.1 Å². The second-order valence-electron chi connectivity index (χ2n) is 8.32. The Hall–Kier alpha value is -1.87. The predicted octanol–water partition coefficient (Wildman–Crippen LogP) is 2.99. The summed E-state index contributed by atoms with van der Waals surface area (Å²) in [6.07, 6.45) is 3.82. The summed E-state index contributed by atoms with van der Waals surface area (Å²) >= 11 is 3.57. The van der Waals surface area contributed by atoms with E-state index in [0.29, 0.717) is 24.6 Å². The Morgan fingerprint density at radius 1 is 1.24 bits per heavy atom. The van der Waals surface area contributed by atoms with E-state index in [1.807, 2.05) is 20.8 Å². The summed E-state index contributed by atoms with van der Waals surface area (Å²) in [5.74, 6) is 0.704. The number of carbonyl (C=O) groups excluding carboxylic acids is 2. The van der Waals surface area contributed by atoms with E-state index in [1.165, 1.54) is 0 Å². The van der Waals surface area contributed by atoms with Crippen molar-refractivity contribution in [1.82, 2.24) is 10.3 Å². The number of halogens is 1. The van der Waals surface area contributed by atoms with Crippen LogP contribution in [0.25, 0.3) is 0 Å². The molecule has 3 heterocycles. The zero-order valence-electron chi connectivity index (χ0n) is 17.2. The van der Waals surface area contributed by atoms with Gasteiger partial charge in [0.1, 0.15) is 11.4 Å². The van der Waals surface area contributed by atoms with E-state index in [1.54, 1.807) is 6.20 Å². The molecule has 3 rings (SSSR count). The quantitative estimate of drug-likeness (QED) is 0.679. The van der Waals surface area contributed by atoms with Gasteiger partial charge in [-0.05, 0) is 49.5 Å². The van der Waals surface area contributed by atoms with Crippen LogP contribution in [0.1, 0.15) is 44.0 Å². The molecule has 160 valence electrons. The smallest absolute Gasteiger partial charge is 0.407 e. The van der Waals surface area contributed by atoms with Crippen LogP contribution in [0.2, 0.25) is 0 Å². The van der Waals surface area contributed by atoms with Crippen LogP contribution in [0, 0.1) is 0 Å². The molecule has 8 nitrogen and oxygen atoms in total. The first kappa shape index (κ1) is 21.8. The standard InChI is InChI=1S/C20H29BrN4O4/c1-20(2,3)29-19(27)23-14-4-6-24(7-5-14)17-15(13-26)18(22-12-16(17)21)25-8-10-28-11-9-25/h12-14H,4-11H2,1-3H3,(H,23,27). The van der Waals surface area contributed by atoms with E-state index >= 15 is 0 Å². The molecule has 0 aromatic carbocycles. The van der Waals surface area contributed by atoms with E-state index in [4.69, 9.17) is 9.47 Å². The number of nitrogens with one attached hydrogen (secondary N) is 1. The first-order valence-corrected chi connectivity index (χ1v) is 10.8. The maximum absolute atomic E-state index is 12.0. The molecule has 0 radical (unpaired) electrons. The molecule has 1 aromatic rings. The normalized spacial score (nSPS) is 18.5. The second kappa shape index (κ2) is 9.30. The molecular formula is C20H29BrN4O4. The van der Waals surface area contributed by atoms with Crippen molar-refractivity contribution in [3.05, 3.63) is 16.2 Å². The summed E-state index contributed by atoms with van der Waals surface area (Å²) in [7, 11) is 0. The summed E-state index contributed by atoms with van der Waals surface area (Å²) in [4.78, 5) is 32.8. The topological polar surface area (TPSA) is 84.0 Å². The number of rotatable bonds is 4. The molecule has 0 bridgehead atoms. The average Bonchev–Trinajstić information content (AvgIpc) is 2.67. The molecule has 0 saturated carbocycles. The maximum Gasteiger partial charge on any atom is 0.407 e. The van der Waals surface area contributed by atoms with Gasteiger partial charge in [-0.1, -0.05) is 0 Å². The molecular weight excluding hydrogens is 440 g/mol. The van der Waals surface area contributed by atoms with Crippen LogP contribution in [0.4, 0.5) is 16.3 Å². The van der Waals surface area contributed by atoms with Crippen molar-refractivity contribution in [2.75, 3.05) is 49.2 Å². The lowest BCUT2D eigenvalue weighted by Crippen LogP contribution is -2.46. The van der Waals surface area contributed by atoms with Gasteiger partial charge in [-0.15, -0.1) is 0 Å². The van der Waals surface area contributed by atoms with Gasteiger partial charge in [-0.3, -0.25) is 4.79 Å². The molecule has 2 aliphatic rings. The Balaban J connectivity index is 1.70. The monoisotopic (exact) mass is 468 g/mol. The zero-order chi connectivity index (χ0) is 21.0. The first-order chi connectivity index (χ1) is 13.8. The highest BCUT2D eigenvalue weighted by molar-refractivity contribution is 9.10. The Morgan fingerprint density at radius 2 is 1.90 bits per heavy atom. The van der Waals surface area contributed by atoms with Crippen LogP contribution >= 0.6 is 15.9 Å². The highest BCUT2D eigenvalue weighted by Crippen LogP contribution is 2.35. The molecule has 2 saturated heterocycles. The third-order valence-electron chi connectivity index (χ3n) is 4.98. The van der Waals surface area contributed by atoms with Gasteiger partial charge < -0.3 is 24.6 Å². The zero-order valence-corrected chi connectivity index (χ0v) is 18.8. The van der Waals surface area contributed by atoms with Crippen molar-refractivity contribution < 1.29 is 19.1 Å². The number of carbonyl (C=O) groups is 2. The Bertz CT molecular complexity index is 739. The Labute approximate surface area is 180 Å². The number of anilines is 2. The van der Waals surface area contributed by atoms with E-state index in [0.717, 1.165) is 55.5 Å². The fourth-order valence-electron chi connectivity index (χ4n) is 3.66. The van der Waals surface area contributed by atoms with Gasteiger partial charge in [0, 0.05) is 38.4 Å². The Morgan fingerprint density at radius 3 is 2.48 bits per heavy atom. The summed E-state index contributed by atoms with van der Waals surface area (Å²) in [6.45, 7) is 9.71. The summed E-state index contributed by atoms with van der Waals surface area (Å²) < 4.78 is 11.6. The SMILES string of the molecule is CC(C)(C)OC(=O)NC1CCN(c2c(Br)cnc(N3CCOCC3)c2C=O)CC1. The van der Waals surface area contributed by atoms with Crippen molar-refractivity contribution >= 4 is 39.8 Å². The molecule has 0 unspecified atom stereocenters. The van der Waals surface area contributed by atoms with Crippen molar-refractivity contribution in [1.29, 1.82) is 0 Å². The highest BCUT2D eigenvalue weighted by atomic mass is 79.9. The first-order valence-electron chi connectivity index (χ1n) is 9.99. The highest BCUT2D eigenvalue weighted by Gasteiger charge is 2.28. The second-order valence-corrected chi connectivity index (χ2v) is 9.17. The average molecular weight is 469 g/mol. The lowest BCUT2D eigenvalue weighted by Gasteiger charge is -2.36. The minimum absolute atomic E-state index is 0.0557. The number of aldehydes is 1. The molecule has 1 N–H and O–H groups in total. The fourth-order valence-corrected chi connectivity index (χ4v) is 4.23. The lowest BCUT2D eigenvalue weighted by molar-refractivity contribution is 0.0497. The summed E-state index contributed by atoms with van der Waals surface area (Å²) in [6, 6.07) is 0.0557. The van der Waals surface area contributed by atoms with Crippen LogP contribution < -0.4 is 15.1 Å². The van der Waals surface area contributed by atoms with E-state index in [9.17, 15) is 9.59 Å². The maximum atomic E-state index is 12.0.